The quantitative estimate of drug-likeness (QED) is 0.619. The Morgan fingerprint density at radius 1 is 1.35 bits per heavy atom. The van der Waals surface area contributed by atoms with E-state index in [0.717, 1.165) is 0 Å². The zero-order valence-electron chi connectivity index (χ0n) is 14.2. The molecule has 26 heavy (non-hydrogen) atoms. The minimum absolute atomic E-state index is 0.0132. The largest absolute Gasteiger partial charge is 0.534 e. The van der Waals surface area contributed by atoms with Gasteiger partial charge in [0.2, 0.25) is 0 Å². The summed E-state index contributed by atoms with van der Waals surface area (Å²) in [5, 5.41) is 6.63. The van der Waals surface area contributed by atoms with E-state index in [1.54, 1.807) is 4.90 Å². The molecule has 1 aromatic heterocycles. The summed E-state index contributed by atoms with van der Waals surface area (Å²) in [6.45, 7) is 5.01. The monoisotopic (exact) mass is 396 g/mol. The minimum Gasteiger partial charge on any atom is -0.354 e. The van der Waals surface area contributed by atoms with Crippen LogP contribution in [0, 0.1) is 0 Å². The highest BCUT2D eigenvalue weighted by Gasteiger charge is 2.50. The SMILES string of the molecule is CC(C)NC(=O)N1CC[C@@]2(CCn3nc(OS(=O)(=O)C(F)(F)F)cc32)C1. The van der Waals surface area contributed by atoms with Crippen LogP contribution in [0.5, 0.6) is 5.88 Å². The molecule has 2 aliphatic heterocycles. The van der Waals surface area contributed by atoms with Gasteiger partial charge in [-0.1, -0.05) is 0 Å². The van der Waals surface area contributed by atoms with Crippen LogP contribution in [0.3, 0.4) is 0 Å². The van der Waals surface area contributed by atoms with E-state index < -0.39 is 26.9 Å². The van der Waals surface area contributed by atoms with Gasteiger partial charge in [-0.05, 0) is 26.7 Å². The fourth-order valence-electron chi connectivity index (χ4n) is 3.44. The number of alkyl halides is 3. The molecule has 0 saturated carbocycles. The maximum atomic E-state index is 12.5. The van der Waals surface area contributed by atoms with Gasteiger partial charge in [-0.3, -0.25) is 4.68 Å². The fourth-order valence-corrected chi connectivity index (χ4v) is 3.84. The van der Waals surface area contributed by atoms with Crippen molar-refractivity contribution in [2.75, 3.05) is 13.1 Å². The zero-order valence-corrected chi connectivity index (χ0v) is 15.0. The van der Waals surface area contributed by atoms with Gasteiger partial charge in [-0.25, -0.2) is 4.79 Å². The number of aryl methyl sites for hydroxylation is 1. The topological polar surface area (TPSA) is 93.5 Å². The molecular weight excluding hydrogens is 377 g/mol. The average Bonchev–Trinajstić information content (AvgIpc) is 3.14. The molecule has 2 aliphatic rings. The molecule has 0 aromatic carbocycles. The number of fused-ring (bicyclic) bond motifs is 2. The molecular formula is C14H19F3N4O4S. The smallest absolute Gasteiger partial charge is 0.354 e. The molecule has 1 saturated heterocycles. The van der Waals surface area contributed by atoms with Crippen molar-refractivity contribution >= 4 is 16.1 Å². The van der Waals surface area contributed by atoms with Crippen LogP contribution < -0.4 is 9.50 Å². The third kappa shape index (κ3) is 3.21. The Labute approximate surface area is 148 Å². The second kappa shape index (κ2) is 6.03. The standard InChI is InChI=1S/C14H19F3N4O4S/c1-9(2)18-12(22)20-5-3-13(8-20)4-6-21-10(13)7-11(19-21)25-26(23,24)14(15,16)17/h7,9H,3-6,8H2,1-2H3,(H,18,22)/t13-/m1/s1. The Morgan fingerprint density at radius 3 is 2.62 bits per heavy atom. The first kappa shape index (κ1) is 18.8. The van der Waals surface area contributed by atoms with Crippen molar-refractivity contribution < 1.29 is 30.6 Å². The van der Waals surface area contributed by atoms with Crippen LogP contribution in [-0.2, 0) is 22.1 Å². The number of rotatable bonds is 3. The molecule has 0 aliphatic carbocycles. The van der Waals surface area contributed by atoms with E-state index in [2.05, 4.69) is 14.6 Å². The van der Waals surface area contributed by atoms with Gasteiger partial charge in [0, 0.05) is 37.2 Å². The lowest BCUT2D eigenvalue weighted by atomic mass is 9.83. The Bertz CT molecular complexity index is 821. The Hall–Kier alpha value is -1.98. The van der Waals surface area contributed by atoms with Crippen molar-refractivity contribution in [1.29, 1.82) is 0 Å². The van der Waals surface area contributed by atoms with Gasteiger partial charge in [0.1, 0.15) is 0 Å². The molecule has 0 radical (unpaired) electrons. The zero-order chi connectivity index (χ0) is 19.3. The molecule has 3 rings (SSSR count). The van der Waals surface area contributed by atoms with E-state index >= 15 is 0 Å². The van der Waals surface area contributed by atoms with Crippen LogP contribution in [0.1, 0.15) is 32.4 Å². The van der Waals surface area contributed by atoms with Crippen molar-refractivity contribution in [2.45, 2.75) is 50.2 Å². The summed E-state index contributed by atoms with van der Waals surface area (Å²) in [7, 11) is -5.76. The number of aromatic nitrogens is 2. The van der Waals surface area contributed by atoms with Crippen LogP contribution in [0.25, 0.3) is 0 Å². The third-order valence-corrected chi connectivity index (χ3v) is 5.59. The maximum absolute atomic E-state index is 12.5. The lowest BCUT2D eigenvalue weighted by Crippen LogP contribution is -2.43. The van der Waals surface area contributed by atoms with Gasteiger partial charge in [0.25, 0.3) is 5.88 Å². The highest BCUT2D eigenvalue weighted by molar-refractivity contribution is 7.87. The number of halogens is 3. The number of hydrogen-bond donors (Lipinski definition) is 1. The number of hydrogen-bond acceptors (Lipinski definition) is 5. The summed E-state index contributed by atoms with van der Waals surface area (Å²) in [5.41, 5.74) is -5.38. The summed E-state index contributed by atoms with van der Waals surface area (Å²) in [6.07, 6.45) is 1.29. The number of nitrogens with one attached hydrogen (secondary N) is 1. The molecule has 1 fully saturated rings. The molecule has 8 nitrogen and oxygen atoms in total. The Balaban J connectivity index is 1.79. The predicted octanol–water partition coefficient (Wildman–Crippen LogP) is 1.58. The van der Waals surface area contributed by atoms with Crippen molar-refractivity contribution in [3.63, 3.8) is 0 Å². The molecule has 146 valence electrons. The summed E-state index contributed by atoms with van der Waals surface area (Å²) in [4.78, 5) is 13.8. The first-order valence-corrected chi connectivity index (χ1v) is 9.49. The van der Waals surface area contributed by atoms with Crippen molar-refractivity contribution in [2.24, 2.45) is 0 Å². The molecule has 1 atom stereocenters. The molecule has 3 heterocycles. The van der Waals surface area contributed by atoms with Crippen LogP contribution in [0.4, 0.5) is 18.0 Å². The second-order valence-electron chi connectivity index (χ2n) is 6.88. The van der Waals surface area contributed by atoms with Crippen LogP contribution in [-0.4, -0.2) is 53.8 Å². The first-order valence-electron chi connectivity index (χ1n) is 8.08. The molecule has 0 unspecified atom stereocenters. The number of carbonyl (C=O) groups excluding carboxylic acids is 1. The van der Waals surface area contributed by atoms with Gasteiger partial charge in [0.05, 0.1) is 5.69 Å². The van der Waals surface area contributed by atoms with E-state index in [9.17, 15) is 26.4 Å². The molecule has 2 amide bonds. The lowest BCUT2D eigenvalue weighted by molar-refractivity contribution is -0.0501. The normalized spacial score (nSPS) is 22.9. The number of likely N-dealkylation sites (tertiary alicyclic amines) is 1. The van der Waals surface area contributed by atoms with Gasteiger partial charge in [-0.15, -0.1) is 5.10 Å². The van der Waals surface area contributed by atoms with Crippen molar-refractivity contribution in [1.82, 2.24) is 20.0 Å². The first-order chi connectivity index (χ1) is 11.9. The Kier molecular flexibility index (Phi) is 4.36. The number of nitrogens with zero attached hydrogens (tertiary/aromatic N) is 3. The van der Waals surface area contributed by atoms with Crippen LogP contribution in [0.15, 0.2) is 6.07 Å². The van der Waals surface area contributed by atoms with Gasteiger partial charge in [-0.2, -0.15) is 21.6 Å². The van der Waals surface area contributed by atoms with E-state index in [1.165, 1.54) is 10.7 Å². The average molecular weight is 396 g/mol. The number of carbonyl (C=O) groups is 1. The predicted molar refractivity (Wildman–Crippen MR) is 84.0 cm³/mol. The summed E-state index contributed by atoms with van der Waals surface area (Å²) < 4.78 is 65.2. The molecule has 1 N–H and O–H groups in total. The number of amides is 2. The Morgan fingerprint density at radius 2 is 2.00 bits per heavy atom. The van der Waals surface area contributed by atoms with E-state index in [-0.39, 0.29) is 12.1 Å². The maximum Gasteiger partial charge on any atom is 0.534 e. The van der Waals surface area contributed by atoms with E-state index in [4.69, 9.17) is 0 Å². The van der Waals surface area contributed by atoms with Gasteiger partial charge >= 0.3 is 21.7 Å². The van der Waals surface area contributed by atoms with E-state index in [1.807, 2.05) is 13.8 Å². The highest BCUT2D eigenvalue weighted by atomic mass is 32.2. The molecule has 12 heteroatoms. The lowest BCUT2D eigenvalue weighted by Gasteiger charge is -2.24. The second-order valence-corrected chi connectivity index (χ2v) is 8.42. The molecule has 1 spiro atoms. The van der Waals surface area contributed by atoms with E-state index in [0.29, 0.717) is 38.2 Å². The van der Waals surface area contributed by atoms with Crippen LogP contribution >= 0.6 is 0 Å². The van der Waals surface area contributed by atoms with Gasteiger partial charge in [0.15, 0.2) is 0 Å². The minimum atomic E-state index is -5.76. The molecule has 1 aromatic rings. The summed E-state index contributed by atoms with van der Waals surface area (Å²) in [6, 6.07) is 1.01. The van der Waals surface area contributed by atoms with Gasteiger partial charge < -0.3 is 14.4 Å². The van der Waals surface area contributed by atoms with Crippen LogP contribution in [0.2, 0.25) is 0 Å². The van der Waals surface area contributed by atoms with Crippen molar-refractivity contribution in [3.05, 3.63) is 11.8 Å². The summed E-state index contributed by atoms with van der Waals surface area (Å²) >= 11 is 0. The highest BCUT2D eigenvalue weighted by Crippen LogP contribution is 2.44. The van der Waals surface area contributed by atoms with Crippen molar-refractivity contribution in [3.8, 4) is 5.88 Å². The fraction of sp³-hybridized carbons (Fsp3) is 0.714. The summed E-state index contributed by atoms with van der Waals surface area (Å²) in [5.74, 6) is -0.610. The number of urea groups is 1. The molecule has 0 bridgehead atoms. The third-order valence-electron chi connectivity index (χ3n) is 4.63.